The highest BCUT2D eigenvalue weighted by Crippen LogP contribution is 2.23. The van der Waals surface area contributed by atoms with Crippen LogP contribution in [0.5, 0.6) is 0 Å². The van der Waals surface area contributed by atoms with E-state index in [-0.39, 0.29) is 43.0 Å². The first-order valence-electron chi connectivity index (χ1n) is 6.11. The largest absolute Gasteiger partial charge is 0.459 e. The third-order valence-corrected chi connectivity index (χ3v) is 2.83. The van der Waals surface area contributed by atoms with Gasteiger partial charge in [0.25, 0.3) is 0 Å². The summed E-state index contributed by atoms with van der Waals surface area (Å²) in [7, 11) is 3.12. The fourth-order valence-corrected chi connectivity index (χ4v) is 1.92. The number of hydrogen-bond donors (Lipinski definition) is 1. The molecule has 1 fully saturated rings. The van der Waals surface area contributed by atoms with E-state index in [1.165, 1.54) is 7.05 Å². The van der Waals surface area contributed by atoms with E-state index in [2.05, 4.69) is 5.32 Å². The molecule has 1 saturated heterocycles. The molecule has 18 heavy (non-hydrogen) atoms. The molecule has 1 aliphatic rings. The number of amides is 1. The molecule has 104 valence electrons. The summed E-state index contributed by atoms with van der Waals surface area (Å²) in [5.41, 5.74) is 0. The number of esters is 1. The maximum Gasteiger partial charge on any atom is 0.306 e. The quantitative estimate of drug-likeness (QED) is 0.692. The smallest absolute Gasteiger partial charge is 0.306 e. The summed E-state index contributed by atoms with van der Waals surface area (Å²) >= 11 is 0. The van der Waals surface area contributed by atoms with Gasteiger partial charge in [0.2, 0.25) is 5.91 Å². The Hall–Kier alpha value is -1.14. The topological polar surface area (TPSA) is 73.9 Å². The van der Waals surface area contributed by atoms with Crippen molar-refractivity contribution in [3.05, 3.63) is 0 Å². The van der Waals surface area contributed by atoms with Gasteiger partial charge in [-0.3, -0.25) is 9.59 Å². The first-order valence-corrected chi connectivity index (χ1v) is 6.11. The van der Waals surface area contributed by atoms with E-state index in [1.54, 1.807) is 7.11 Å². The van der Waals surface area contributed by atoms with Gasteiger partial charge in [0.15, 0.2) is 0 Å². The van der Waals surface area contributed by atoms with E-state index >= 15 is 0 Å². The number of carbonyl (C=O) groups excluding carboxylic acids is 2. The molecule has 0 saturated carbocycles. The molecule has 1 heterocycles. The molecule has 0 aromatic carbocycles. The van der Waals surface area contributed by atoms with Crippen LogP contribution in [0.1, 0.15) is 26.2 Å². The zero-order valence-electron chi connectivity index (χ0n) is 11.1. The van der Waals surface area contributed by atoms with Gasteiger partial charge in [-0.25, -0.2) is 0 Å². The van der Waals surface area contributed by atoms with Gasteiger partial charge in [0.05, 0.1) is 19.1 Å². The van der Waals surface area contributed by atoms with Crippen molar-refractivity contribution in [1.82, 2.24) is 5.32 Å². The first-order chi connectivity index (χ1) is 8.56. The van der Waals surface area contributed by atoms with Crippen molar-refractivity contribution in [2.24, 2.45) is 0 Å². The van der Waals surface area contributed by atoms with Crippen LogP contribution in [0.4, 0.5) is 0 Å². The lowest BCUT2D eigenvalue weighted by molar-refractivity contribution is -0.154. The predicted molar refractivity (Wildman–Crippen MR) is 64.0 cm³/mol. The van der Waals surface area contributed by atoms with Crippen molar-refractivity contribution in [3.63, 3.8) is 0 Å². The predicted octanol–water partition coefficient (Wildman–Crippen LogP) is 0.248. The van der Waals surface area contributed by atoms with Gasteiger partial charge in [0, 0.05) is 27.0 Å². The summed E-state index contributed by atoms with van der Waals surface area (Å²) in [5.74, 6) is -0.543. The molecule has 0 aliphatic carbocycles. The van der Waals surface area contributed by atoms with Crippen LogP contribution in [0.3, 0.4) is 0 Å². The van der Waals surface area contributed by atoms with Gasteiger partial charge >= 0.3 is 5.97 Å². The van der Waals surface area contributed by atoms with Crippen molar-refractivity contribution >= 4 is 11.9 Å². The molecular formula is C12H21NO5. The maximum atomic E-state index is 11.6. The molecule has 0 bridgehead atoms. The number of hydrogen-bond acceptors (Lipinski definition) is 5. The van der Waals surface area contributed by atoms with Crippen LogP contribution in [0, 0.1) is 0 Å². The van der Waals surface area contributed by atoms with E-state index in [9.17, 15) is 9.59 Å². The summed E-state index contributed by atoms with van der Waals surface area (Å²) < 4.78 is 15.9. The Morgan fingerprint density at radius 2 is 2.11 bits per heavy atom. The SMILES string of the molecule is CNC(=O)CCC(=O)OC1CC(C)OC1COC. The van der Waals surface area contributed by atoms with Crippen LogP contribution in [0.25, 0.3) is 0 Å². The number of methoxy groups -OCH3 is 1. The molecule has 3 unspecified atom stereocenters. The highest BCUT2D eigenvalue weighted by molar-refractivity contribution is 5.81. The second-order valence-electron chi connectivity index (χ2n) is 4.38. The molecule has 1 aliphatic heterocycles. The average molecular weight is 259 g/mol. The first kappa shape index (κ1) is 14.9. The van der Waals surface area contributed by atoms with Crippen LogP contribution in [-0.2, 0) is 23.8 Å². The number of ether oxygens (including phenoxy) is 3. The molecule has 0 aromatic heterocycles. The third kappa shape index (κ3) is 4.62. The maximum absolute atomic E-state index is 11.6. The fourth-order valence-electron chi connectivity index (χ4n) is 1.92. The number of carbonyl (C=O) groups is 2. The van der Waals surface area contributed by atoms with Gasteiger partial charge in [-0.15, -0.1) is 0 Å². The van der Waals surface area contributed by atoms with E-state index in [1.807, 2.05) is 6.92 Å². The number of nitrogens with one attached hydrogen (secondary N) is 1. The summed E-state index contributed by atoms with van der Waals surface area (Å²) in [6.07, 6.45) is 0.463. The molecule has 6 nitrogen and oxygen atoms in total. The summed E-state index contributed by atoms with van der Waals surface area (Å²) in [5, 5.41) is 2.46. The number of rotatable bonds is 6. The molecule has 3 atom stereocenters. The summed E-state index contributed by atoms with van der Waals surface area (Å²) in [6.45, 7) is 2.33. The third-order valence-electron chi connectivity index (χ3n) is 2.83. The highest BCUT2D eigenvalue weighted by atomic mass is 16.6. The second kappa shape index (κ2) is 7.33. The molecule has 0 spiro atoms. The van der Waals surface area contributed by atoms with Gasteiger partial charge < -0.3 is 19.5 Å². The van der Waals surface area contributed by atoms with E-state index in [4.69, 9.17) is 14.2 Å². The Morgan fingerprint density at radius 1 is 1.39 bits per heavy atom. The Kier molecular flexibility index (Phi) is 6.07. The standard InChI is InChI=1S/C12H21NO5/c1-8-6-9(10(17-8)7-16-3)18-12(15)5-4-11(14)13-2/h8-10H,4-7H2,1-3H3,(H,13,14). The van der Waals surface area contributed by atoms with Crippen molar-refractivity contribution in [3.8, 4) is 0 Å². The lowest BCUT2D eigenvalue weighted by atomic mass is 10.1. The molecule has 0 aromatic rings. The normalized spacial score (nSPS) is 26.9. The lowest BCUT2D eigenvalue weighted by Gasteiger charge is -2.18. The molecule has 1 N–H and O–H groups in total. The molecule has 0 radical (unpaired) electrons. The van der Waals surface area contributed by atoms with Gasteiger partial charge in [0.1, 0.15) is 12.2 Å². The van der Waals surface area contributed by atoms with Gasteiger partial charge in [-0.1, -0.05) is 0 Å². The molecule has 1 rings (SSSR count). The van der Waals surface area contributed by atoms with Crippen molar-refractivity contribution in [1.29, 1.82) is 0 Å². The summed E-state index contributed by atoms with van der Waals surface area (Å²) in [6, 6.07) is 0. The minimum Gasteiger partial charge on any atom is -0.459 e. The summed E-state index contributed by atoms with van der Waals surface area (Å²) in [4.78, 5) is 22.6. The monoisotopic (exact) mass is 259 g/mol. The Balaban J connectivity index is 2.35. The Bertz CT molecular complexity index is 294. The minimum atomic E-state index is -0.373. The highest BCUT2D eigenvalue weighted by Gasteiger charge is 2.35. The van der Waals surface area contributed by atoms with E-state index in [0.717, 1.165) is 0 Å². The van der Waals surface area contributed by atoms with Crippen LogP contribution in [0.15, 0.2) is 0 Å². The molecule has 1 amide bonds. The fraction of sp³-hybridized carbons (Fsp3) is 0.833. The molecule has 6 heteroatoms. The van der Waals surface area contributed by atoms with Crippen LogP contribution < -0.4 is 5.32 Å². The van der Waals surface area contributed by atoms with Crippen molar-refractivity contribution < 1.29 is 23.8 Å². The van der Waals surface area contributed by atoms with Crippen LogP contribution in [-0.4, -0.2) is 51.0 Å². The van der Waals surface area contributed by atoms with Gasteiger partial charge in [-0.2, -0.15) is 0 Å². The van der Waals surface area contributed by atoms with E-state index < -0.39 is 0 Å². The van der Waals surface area contributed by atoms with Crippen molar-refractivity contribution in [2.45, 2.75) is 44.5 Å². The second-order valence-corrected chi connectivity index (χ2v) is 4.38. The molecular weight excluding hydrogens is 238 g/mol. The zero-order valence-corrected chi connectivity index (χ0v) is 11.1. The Morgan fingerprint density at radius 3 is 2.72 bits per heavy atom. The van der Waals surface area contributed by atoms with Crippen LogP contribution in [0.2, 0.25) is 0 Å². The lowest BCUT2D eigenvalue weighted by Crippen LogP contribution is -2.31. The van der Waals surface area contributed by atoms with Crippen LogP contribution >= 0.6 is 0 Å². The minimum absolute atomic E-state index is 0.0573. The van der Waals surface area contributed by atoms with E-state index in [0.29, 0.717) is 13.0 Å². The Labute approximate surface area is 107 Å². The van der Waals surface area contributed by atoms with Gasteiger partial charge in [-0.05, 0) is 6.92 Å². The zero-order chi connectivity index (χ0) is 13.5. The van der Waals surface area contributed by atoms with Crippen molar-refractivity contribution in [2.75, 3.05) is 20.8 Å². The average Bonchev–Trinajstić information content (AvgIpc) is 2.67.